The molecule has 0 N–H and O–H groups in total. The molecule has 1 aliphatic rings. The number of carbonyl (C=O) groups is 4. The monoisotopic (exact) mass is 559 g/mol. The maximum absolute atomic E-state index is 12.6. The van der Waals surface area contributed by atoms with Gasteiger partial charge < -0.3 is 14.4 Å². The molecule has 4 rings (SSSR count). The summed E-state index contributed by atoms with van der Waals surface area (Å²) in [5.74, 6) is -2.47. The van der Waals surface area contributed by atoms with Gasteiger partial charge in [-0.15, -0.1) is 0 Å². The number of carbonyl (C=O) groups excluding carboxylic acids is 4. The number of ether oxygens (including phenoxy) is 2. The SMILES string of the molecule is Cc1c(Cl)cccc1N1C[C@@H](C(=O)OCC(=O)c2ccc(OC(=O)c3ccc(Cl)cc3Cl)cc2)CC1=O. The number of Topliss-reactive ketones (excluding diaryl/α,β-unsaturated/α-hetero) is 1. The van der Waals surface area contributed by atoms with Crippen LogP contribution in [0.2, 0.25) is 15.1 Å². The Labute approximate surface area is 227 Å². The molecular weight excluding hydrogens is 541 g/mol. The molecule has 1 heterocycles. The highest BCUT2D eigenvalue weighted by Crippen LogP contribution is 2.32. The highest BCUT2D eigenvalue weighted by Gasteiger charge is 2.37. The van der Waals surface area contributed by atoms with Crippen LogP contribution in [0.4, 0.5) is 5.69 Å². The van der Waals surface area contributed by atoms with Crippen molar-refractivity contribution in [3.63, 3.8) is 0 Å². The van der Waals surface area contributed by atoms with Gasteiger partial charge in [0.15, 0.2) is 12.4 Å². The molecule has 1 atom stereocenters. The summed E-state index contributed by atoms with van der Waals surface area (Å²) in [6.45, 7) is 1.46. The van der Waals surface area contributed by atoms with Crippen molar-refractivity contribution in [1.29, 1.82) is 0 Å². The van der Waals surface area contributed by atoms with Crippen molar-refractivity contribution < 1.29 is 28.7 Å². The lowest BCUT2D eigenvalue weighted by Crippen LogP contribution is -2.27. The summed E-state index contributed by atoms with van der Waals surface area (Å²) in [5.41, 5.74) is 1.79. The second-order valence-electron chi connectivity index (χ2n) is 8.36. The molecule has 1 aliphatic heterocycles. The van der Waals surface area contributed by atoms with E-state index in [1.165, 1.54) is 47.4 Å². The number of ketones is 1. The molecule has 3 aromatic rings. The molecule has 0 bridgehead atoms. The molecule has 37 heavy (non-hydrogen) atoms. The smallest absolute Gasteiger partial charge is 0.345 e. The lowest BCUT2D eigenvalue weighted by Gasteiger charge is -2.19. The van der Waals surface area contributed by atoms with Gasteiger partial charge in [0, 0.05) is 34.3 Å². The zero-order valence-corrected chi connectivity index (χ0v) is 21.8. The van der Waals surface area contributed by atoms with Crippen LogP contribution < -0.4 is 9.64 Å². The Bertz CT molecular complexity index is 1390. The molecule has 0 aromatic heterocycles. The summed E-state index contributed by atoms with van der Waals surface area (Å²) in [6.07, 6.45) is -0.0172. The van der Waals surface area contributed by atoms with Gasteiger partial charge in [-0.2, -0.15) is 0 Å². The molecule has 190 valence electrons. The molecule has 1 amide bonds. The zero-order valence-electron chi connectivity index (χ0n) is 19.5. The van der Waals surface area contributed by atoms with Gasteiger partial charge in [-0.05, 0) is 67.1 Å². The molecule has 0 aliphatic carbocycles. The highest BCUT2D eigenvalue weighted by atomic mass is 35.5. The van der Waals surface area contributed by atoms with Gasteiger partial charge >= 0.3 is 11.9 Å². The van der Waals surface area contributed by atoms with Gasteiger partial charge in [-0.1, -0.05) is 40.9 Å². The van der Waals surface area contributed by atoms with Crippen LogP contribution in [0.5, 0.6) is 5.75 Å². The zero-order chi connectivity index (χ0) is 26.7. The maximum Gasteiger partial charge on any atom is 0.345 e. The van der Waals surface area contributed by atoms with Crippen LogP contribution in [-0.4, -0.2) is 36.8 Å². The van der Waals surface area contributed by atoms with E-state index in [4.69, 9.17) is 44.3 Å². The topological polar surface area (TPSA) is 90.0 Å². The van der Waals surface area contributed by atoms with Crippen LogP contribution in [0, 0.1) is 12.8 Å². The number of nitrogens with zero attached hydrogens (tertiary/aromatic N) is 1. The summed E-state index contributed by atoms with van der Waals surface area (Å²) in [4.78, 5) is 51.4. The minimum Gasteiger partial charge on any atom is -0.457 e. The number of hydrogen-bond acceptors (Lipinski definition) is 6. The molecule has 1 fully saturated rings. The fourth-order valence-electron chi connectivity index (χ4n) is 3.85. The third-order valence-electron chi connectivity index (χ3n) is 5.87. The van der Waals surface area contributed by atoms with Gasteiger partial charge in [-0.25, -0.2) is 4.79 Å². The first kappa shape index (κ1) is 26.7. The fourth-order valence-corrected chi connectivity index (χ4v) is 4.51. The number of amides is 1. The second-order valence-corrected chi connectivity index (χ2v) is 9.61. The Morgan fingerprint density at radius 2 is 1.70 bits per heavy atom. The van der Waals surface area contributed by atoms with E-state index in [0.717, 1.165) is 5.56 Å². The van der Waals surface area contributed by atoms with Crippen molar-refractivity contribution >= 4 is 64.1 Å². The van der Waals surface area contributed by atoms with Crippen molar-refractivity contribution in [3.8, 4) is 5.75 Å². The third-order valence-corrected chi connectivity index (χ3v) is 6.83. The lowest BCUT2D eigenvalue weighted by atomic mass is 10.1. The van der Waals surface area contributed by atoms with Crippen LogP contribution in [-0.2, 0) is 14.3 Å². The van der Waals surface area contributed by atoms with Crippen molar-refractivity contribution in [2.24, 2.45) is 5.92 Å². The van der Waals surface area contributed by atoms with Crippen molar-refractivity contribution in [2.45, 2.75) is 13.3 Å². The number of benzene rings is 3. The summed E-state index contributed by atoms with van der Waals surface area (Å²) >= 11 is 18.0. The first-order valence-electron chi connectivity index (χ1n) is 11.2. The predicted octanol–water partition coefficient (Wildman–Crippen LogP) is 5.95. The molecule has 0 radical (unpaired) electrons. The number of rotatable bonds is 7. The lowest BCUT2D eigenvalue weighted by molar-refractivity contribution is -0.147. The van der Waals surface area contributed by atoms with Crippen molar-refractivity contribution in [1.82, 2.24) is 0 Å². The molecule has 0 saturated carbocycles. The second kappa shape index (κ2) is 11.3. The van der Waals surface area contributed by atoms with Crippen LogP contribution in [0.1, 0.15) is 32.7 Å². The van der Waals surface area contributed by atoms with Gasteiger partial charge in [-0.3, -0.25) is 14.4 Å². The van der Waals surface area contributed by atoms with Gasteiger partial charge in [0.1, 0.15) is 5.75 Å². The number of halogens is 3. The Hall–Kier alpha value is -3.39. The number of hydrogen-bond donors (Lipinski definition) is 0. The van der Waals surface area contributed by atoms with Crippen LogP contribution in [0.25, 0.3) is 0 Å². The summed E-state index contributed by atoms with van der Waals surface area (Å²) in [6, 6.07) is 15.4. The van der Waals surface area contributed by atoms with Crippen LogP contribution in [0.3, 0.4) is 0 Å². The molecule has 7 nitrogen and oxygen atoms in total. The normalized spacial score (nSPS) is 15.0. The average Bonchev–Trinajstić information content (AvgIpc) is 3.25. The van der Waals surface area contributed by atoms with E-state index in [1.807, 2.05) is 0 Å². The highest BCUT2D eigenvalue weighted by molar-refractivity contribution is 6.36. The quantitative estimate of drug-likeness (QED) is 0.201. The van der Waals surface area contributed by atoms with Gasteiger partial charge in [0.05, 0.1) is 16.5 Å². The largest absolute Gasteiger partial charge is 0.457 e. The number of esters is 2. The Kier molecular flexibility index (Phi) is 8.17. The number of anilines is 1. The van der Waals surface area contributed by atoms with E-state index in [1.54, 1.807) is 25.1 Å². The summed E-state index contributed by atoms with van der Waals surface area (Å²) < 4.78 is 10.5. The first-order valence-corrected chi connectivity index (χ1v) is 12.3. The molecule has 10 heteroatoms. The molecule has 1 saturated heterocycles. The predicted molar refractivity (Wildman–Crippen MR) is 140 cm³/mol. The van der Waals surface area contributed by atoms with E-state index in [2.05, 4.69) is 0 Å². The molecule has 0 unspecified atom stereocenters. The van der Waals surface area contributed by atoms with Crippen LogP contribution in [0.15, 0.2) is 60.7 Å². The van der Waals surface area contributed by atoms with E-state index in [9.17, 15) is 19.2 Å². The summed E-state index contributed by atoms with van der Waals surface area (Å²) in [5, 5.41) is 1.07. The van der Waals surface area contributed by atoms with E-state index in [0.29, 0.717) is 15.7 Å². The van der Waals surface area contributed by atoms with E-state index < -0.39 is 30.2 Å². The van der Waals surface area contributed by atoms with Crippen molar-refractivity contribution in [3.05, 3.63) is 92.4 Å². The molecule has 0 spiro atoms. The van der Waals surface area contributed by atoms with E-state index >= 15 is 0 Å². The summed E-state index contributed by atoms with van der Waals surface area (Å²) in [7, 11) is 0. The minimum atomic E-state index is -0.694. The van der Waals surface area contributed by atoms with Gasteiger partial charge in [0.25, 0.3) is 0 Å². The van der Waals surface area contributed by atoms with Crippen LogP contribution >= 0.6 is 34.8 Å². The first-order chi connectivity index (χ1) is 17.6. The average molecular weight is 561 g/mol. The minimum absolute atomic E-state index is 0.0172. The fraction of sp³-hybridized carbons (Fsp3) is 0.185. The standard InChI is InChI=1S/C27H20Cl3NO6/c1-15-21(29)3-2-4-23(15)31-13-17(11-25(31)33)26(34)36-14-24(32)16-5-8-19(9-6-16)37-27(35)20-10-7-18(28)12-22(20)30/h2-10,12,17H,11,13-14H2,1H3/t17-/m0/s1. The molecular formula is C27H20Cl3NO6. The Morgan fingerprint density at radius 3 is 2.41 bits per heavy atom. The maximum atomic E-state index is 12.6. The third kappa shape index (κ3) is 6.13. The van der Waals surface area contributed by atoms with Gasteiger partial charge in [0.2, 0.25) is 5.91 Å². The van der Waals surface area contributed by atoms with E-state index in [-0.39, 0.29) is 40.8 Å². The molecule has 3 aromatic carbocycles. The Balaban J connectivity index is 1.31. The van der Waals surface area contributed by atoms with Crippen molar-refractivity contribution in [2.75, 3.05) is 18.1 Å². The Morgan fingerprint density at radius 1 is 0.973 bits per heavy atom.